The number of Topliss-reactive ketones (excluding diaryl/α,β-unsaturated/α-hetero) is 1. The molecule has 0 aliphatic carbocycles. The van der Waals surface area contributed by atoms with E-state index in [0.717, 1.165) is 5.56 Å². The molecule has 178 valence electrons. The largest absolute Gasteiger partial charge is 0.480 e. The molecule has 6 N–H and O–H groups in total. The molecule has 32 heavy (non-hydrogen) atoms. The Kier molecular flexibility index (Phi) is 9.77. The highest BCUT2D eigenvalue weighted by atomic mass is 16.5. The minimum absolute atomic E-state index is 0.0293. The van der Waals surface area contributed by atoms with Crippen LogP contribution in [0.25, 0.3) is 0 Å². The number of ketones is 1. The number of hydrogen-bond donors (Lipinski definition) is 4. The van der Waals surface area contributed by atoms with Crippen LogP contribution in [0.5, 0.6) is 0 Å². The highest BCUT2D eigenvalue weighted by molar-refractivity contribution is 6.10. The van der Waals surface area contributed by atoms with Crippen molar-refractivity contribution in [1.82, 2.24) is 4.90 Å². The number of esters is 1. The second kappa shape index (κ2) is 12.1. The molecular weight excluding hydrogens is 414 g/mol. The minimum Gasteiger partial charge on any atom is -0.480 e. The number of carbonyl (C=O) groups excluding carboxylic acids is 2. The zero-order valence-corrected chi connectivity index (χ0v) is 18.6. The SMILES string of the molecule is CCOC(=O)[C@H](CCc1ccccc1)N1CCC[C@]1(C(=O)O)C(=O)[C@@H](N)CCC(O)CN. The highest BCUT2D eigenvalue weighted by Gasteiger charge is 2.58. The van der Waals surface area contributed by atoms with Gasteiger partial charge in [0.05, 0.1) is 18.8 Å². The molecule has 0 aromatic heterocycles. The number of hydrogen-bond acceptors (Lipinski definition) is 8. The lowest BCUT2D eigenvalue weighted by Gasteiger charge is -2.39. The molecule has 9 heteroatoms. The van der Waals surface area contributed by atoms with Gasteiger partial charge >= 0.3 is 11.9 Å². The topological polar surface area (TPSA) is 156 Å². The van der Waals surface area contributed by atoms with Gasteiger partial charge in [0.15, 0.2) is 11.3 Å². The van der Waals surface area contributed by atoms with Crippen LogP contribution in [0.15, 0.2) is 30.3 Å². The van der Waals surface area contributed by atoms with Gasteiger partial charge in [-0.3, -0.25) is 14.5 Å². The third-order valence-electron chi connectivity index (χ3n) is 6.09. The van der Waals surface area contributed by atoms with Gasteiger partial charge in [0.2, 0.25) is 0 Å². The van der Waals surface area contributed by atoms with Crippen LogP contribution in [0.2, 0.25) is 0 Å². The van der Waals surface area contributed by atoms with Gasteiger partial charge in [-0.2, -0.15) is 0 Å². The van der Waals surface area contributed by atoms with Gasteiger partial charge in [0.1, 0.15) is 6.04 Å². The van der Waals surface area contributed by atoms with Crippen LogP contribution in [0.1, 0.15) is 44.6 Å². The Bertz CT molecular complexity index is 774. The smallest absolute Gasteiger partial charge is 0.332 e. The summed E-state index contributed by atoms with van der Waals surface area (Å²) < 4.78 is 5.25. The van der Waals surface area contributed by atoms with Crippen molar-refractivity contribution >= 4 is 17.7 Å². The summed E-state index contributed by atoms with van der Waals surface area (Å²) in [5, 5.41) is 19.9. The van der Waals surface area contributed by atoms with E-state index >= 15 is 0 Å². The number of ether oxygens (including phenoxy) is 1. The number of carbonyl (C=O) groups is 3. The zero-order chi connectivity index (χ0) is 23.7. The fourth-order valence-electron chi connectivity index (χ4n) is 4.38. The van der Waals surface area contributed by atoms with Crippen molar-refractivity contribution < 1.29 is 29.3 Å². The summed E-state index contributed by atoms with van der Waals surface area (Å²) in [5.74, 6) is -2.51. The van der Waals surface area contributed by atoms with E-state index in [0.29, 0.717) is 19.3 Å². The van der Waals surface area contributed by atoms with Crippen LogP contribution in [-0.2, 0) is 25.5 Å². The molecule has 1 aromatic rings. The first-order chi connectivity index (χ1) is 15.3. The second-order valence-electron chi connectivity index (χ2n) is 8.19. The zero-order valence-electron chi connectivity index (χ0n) is 18.6. The van der Waals surface area contributed by atoms with E-state index < -0.39 is 41.4 Å². The van der Waals surface area contributed by atoms with E-state index in [1.807, 2.05) is 30.3 Å². The normalized spacial score (nSPS) is 21.6. The first-order valence-electron chi connectivity index (χ1n) is 11.2. The molecule has 0 bridgehead atoms. The fraction of sp³-hybridized carbons (Fsp3) is 0.609. The predicted octanol–water partition coefficient (Wildman–Crippen LogP) is 0.466. The number of aliphatic hydroxyl groups excluding tert-OH is 1. The molecule has 9 nitrogen and oxygen atoms in total. The molecule has 0 spiro atoms. The van der Waals surface area contributed by atoms with Gasteiger partial charge < -0.3 is 26.4 Å². The van der Waals surface area contributed by atoms with Crippen LogP contribution in [0.4, 0.5) is 0 Å². The highest BCUT2D eigenvalue weighted by Crippen LogP contribution is 2.35. The molecule has 1 saturated heterocycles. The van der Waals surface area contributed by atoms with Gasteiger partial charge in [0, 0.05) is 13.1 Å². The predicted molar refractivity (Wildman–Crippen MR) is 119 cm³/mol. The third kappa shape index (κ3) is 5.92. The summed E-state index contributed by atoms with van der Waals surface area (Å²) >= 11 is 0. The van der Waals surface area contributed by atoms with Crippen LogP contribution >= 0.6 is 0 Å². The molecule has 1 unspecified atom stereocenters. The summed E-state index contributed by atoms with van der Waals surface area (Å²) in [6.45, 7) is 2.14. The van der Waals surface area contributed by atoms with Crippen molar-refractivity contribution in [2.45, 2.75) is 69.2 Å². The standard InChI is InChI=1S/C23H35N3O6/c1-2-32-21(29)19(12-9-16-7-4-3-5-8-16)26-14-6-13-23(26,22(30)31)20(28)18(25)11-10-17(27)15-24/h3-5,7-8,17-19,27H,2,6,9-15,24-25H2,1H3,(H,30,31)/t17?,18-,19-,23+/m0/s1. The van der Waals surface area contributed by atoms with E-state index in [9.17, 15) is 24.6 Å². The maximum atomic E-state index is 13.4. The van der Waals surface area contributed by atoms with Crippen molar-refractivity contribution in [1.29, 1.82) is 0 Å². The molecule has 4 atom stereocenters. The molecule has 2 rings (SSSR count). The Morgan fingerprint density at radius 2 is 1.88 bits per heavy atom. The van der Waals surface area contributed by atoms with Crippen molar-refractivity contribution in [3.05, 3.63) is 35.9 Å². The Labute approximate surface area is 188 Å². The molecule has 1 aliphatic heterocycles. The molecule has 1 aromatic carbocycles. The van der Waals surface area contributed by atoms with Crippen molar-refractivity contribution in [3.8, 4) is 0 Å². The number of benzene rings is 1. The lowest BCUT2D eigenvalue weighted by Crippen LogP contribution is -2.65. The van der Waals surface area contributed by atoms with Gasteiger partial charge in [-0.05, 0) is 51.0 Å². The van der Waals surface area contributed by atoms with E-state index in [-0.39, 0.29) is 39.0 Å². The number of likely N-dealkylation sites (tertiary alicyclic amines) is 1. The number of nitrogens with two attached hydrogens (primary N) is 2. The van der Waals surface area contributed by atoms with Crippen molar-refractivity contribution in [3.63, 3.8) is 0 Å². The van der Waals surface area contributed by atoms with Gasteiger partial charge in [0.25, 0.3) is 0 Å². The maximum Gasteiger partial charge on any atom is 0.332 e. The molecule has 0 saturated carbocycles. The van der Waals surface area contributed by atoms with Crippen molar-refractivity contribution in [2.24, 2.45) is 11.5 Å². The van der Waals surface area contributed by atoms with Crippen molar-refractivity contribution in [2.75, 3.05) is 19.7 Å². The molecular formula is C23H35N3O6. The van der Waals surface area contributed by atoms with E-state index in [4.69, 9.17) is 16.2 Å². The number of carboxylic acid groups (broad SMARTS) is 1. The fourth-order valence-corrected chi connectivity index (χ4v) is 4.38. The molecule has 1 heterocycles. The first-order valence-corrected chi connectivity index (χ1v) is 11.2. The maximum absolute atomic E-state index is 13.4. The lowest BCUT2D eigenvalue weighted by atomic mass is 9.83. The lowest BCUT2D eigenvalue weighted by molar-refractivity contribution is -0.163. The van der Waals surface area contributed by atoms with E-state index in [1.54, 1.807) is 6.92 Å². The van der Waals surface area contributed by atoms with Crippen LogP contribution < -0.4 is 11.5 Å². The number of nitrogens with zero attached hydrogens (tertiary/aromatic N) is 1. The molecule has 0 amide bonds. The first kappa shape index (κ1) is 25.9. The molecule has 1 fully saturated rings. The average Bonchev–Trinajstić information content (AvgIpc) is 3.23. The molecule has 0 radical (unpaired) electrons. The summed E-state index contributed by atoms with van der Waals surface area (Å²) in [7, 11) is 0. The third-order valence-corrected chi connectivity index (χ3v) is 6.09. The number of carboxylic acids is 1. The summed E-state index contributed by atoms with van der Waals surface area (Å²) in [4.78, 5) is 40.2. The monoisotopic (exact) mass is 449 g/mol. The van der Waals surface area contributed by atoms with Crippen LogP contribution in [0, 0.1) is 0 Å². The quantitative estimate of drug-likeness (QED) is 0.248. The summed E-state index contributed by atoms with van der Waals surface area (Å²) in [6, 6.07) is 7.56. The Morgan fingerprint density at radius 3 is 2.47 bits per heavy atom. The second-order valence-corrected chi connectivity index (χ2v) is 8.19. The van der Waals surface area contributed by atoms with Gasteiger partial charge in [-0.25, -0.2) is 4.79 Å². The number of aryl methyl sites for hydroxylation is 1. The Morgan fingerprint density at radius 1 is 1.19 bits per heavy atom. The molecule has 1 aliphatic rings. The summed E-state index contributed by atoms with van der Waals surface area (Å²) in [6.07, 6.45) is 0.828. The number of aliphatic carboxylic acids is 1. The Balaban J connectivity index is 2.31. The van der Waals surface area contributed by atoms with E-state index in [2.05, 4.69) is 0 Å². The number of rotatable bonds is 13. The van der Waals surface area contributed by atoms with Crippen LogP contribution in [-0.4, -0.2) is 76.3 Å². The minimum atomic E-state index is -1.90. The summed E-state index contributed by atoms with van der Waals surface area (Å²) in [5.41, 5.74) is 10.6. The van der Waals surface area contributed by atoms with Gasteiger partial charge in [-0.1, -0.05) is 30.3 Å². The van der Waals surface area contributed by atoms with Gasteiger partial charge in [-0.15, -0.1) is 0 Å². The Hall–Kier alpha value is -2.33. The number of aliphatic hydroxyl groups is 1. The van der Waals surface area contributed by atoms with E-state index in [1.165, 1.54) is 4.90 Å². The average molecular weight is 450 g/mol. The van der Waals surface area contributed by atoms with Crippen LogP contribution in [0.3, 0.4) is 0 Å².